The molecule has 0 atom stereocenters. The first-order valence-corrected chi connectivity index (χ1v) is 6.53. The molecule has 0 heterocycles. The molecule has 0 aliphatic rings. The molecule has 5 heteroatoms. The van der Waals surface area contributed by atoms with Crippen LogP contribution in [0.15, 0.2) is 46.9 Å². The van der Waals surface area contributed by atoms with Crippen LogP contribution in [0.1, 0.15) is 15.9 Å². The van der Waals surface area contributed by atoms with E-state index in [1.807, 2.05) is 25.1 Å². The summed E-state index contributed by atoms with van der Waals surface area (Å²) in [5.74, 6) is 5.13. The van der Waals surface area contributed by atoms with Crippen molar-refractivity contribution in [3.05, 3.63) is 58.1 Å². The van der Waals surface area contributed by atoms with E-state index in [1.165, 1.54) is 0 Å². The third kappa shape index (κ3) is 3.56. The molecule has 2 aromatic carbocycles. The topological polar surface area (TPSA) is 67.2 Å². The molecule has 0 spiro atoms. The Hall–Kier alpha value is -1.85. The number of carbonyl (C=O) groups excluding carboxylic acids is 1. The molecule has 19 heavy (non-hydrogen) atoms. The fraction of sp³-hybridized carbons (Fsp3) is 0.0714. The van der Waals surface area contributed by atoms with Crippen LogP contribution in [0.4, 0.5) is 11.4 Å². The van der Waals surface area contributed by atoms with E-state index in [1.54, 1.807) is 24.3 Å². The Morgan fingerprint density at radius 3 is 2.37 bits per heavy atom. The number of anilines is 2. The molecule has 2 aromatic rings. The fourth-order valence-corrected chi connectivity index (χ4v) is 2.34. The zero-order valence-electron chi connectivity index (χ0n) is 10.4. The smallest absolute Gasteiger partial charge is 0.255 e. The van der Waals surface area contributed by atoms with Gasteiger partial charge in [0, 0.05) is 21.4 Å². The van der Waals surface area contributed by atoms with Crippen LogP contribution in [0.25, 0.3) is 0 Å². The largest absolute Gasteiger partial charge is 0.324 e. The zero-order valence-corrected chi connectivity index (χ0v) is 12.0. The predicted molar refractivity (Wildman–Crippen MR) is 81.1 cm³/mol. The number of rotatable bonds is 3. The highest BCUT2D eigenvalue weighted by atomic mass is 79.9. The second kappa shape index (κ2) is 5.86. The first kappa shape index (κ1) is 13.6. The van der Waals surface area contributed by atoms with Gasteiger partial charge in [0.25, 0.3) is 5.91 Å². The van der Waals surface area contributed by atoms with Crippen LogP contribution >= 0.6 is 15.9 Å². The van der Waals surface area contributed by atoms with Gasteiger partial charge < -0.3 is 10.7 Å². The number of halogens is 1. The predicted octanol–water partition coefficient (Wildman–Crippen LogP) is 3.30. The van der Waals surface area contributed by atoms with Crippen molar-refractivity contribution in [2.75, 3.05) is 10.7 Å². The molecule has 0 aliphatic carbocycles. The van der Waals surface area contributed by atoms with Crippen LogP contribution in [0.5, 0.6) is 0 Å². The summed E-state index contributed by atoms with van der Waals surface area (Å²) in [6.07, 6.45) is 0. The molecular formula is C14H14BrN3O. The first-order valence-electron chi connectivity index (χ1n) is 5.74. The molecule has 4 nitrogen and oxygen atoms in total. The maximum atomic E-state index is 12.1. The Morgan fingerprint density at radius 1 is 1.11 bits per heavy atom. The Morgan fingerprint density at radius 2 is 1.79 bits per heavy atom. The Kier molecular flexibility index (Phi) is 4.19. The van der Waals surface area contributed by atoms with Crippen molar-refractivity contribution in [1.29, 1.82) is 0 Å². The maximum Gasteiger partial charge on any atom is 0.255 e. The van der Waals surface area contributed by atoms with E-state index in [9.17, 15) is 4.79 Å². The van der Waals surface area contributed by atoms with Crippen LogP contribution in [-0.2, 0) is 0 Å². The van der Waals surface area contributed by atoms with Crippen molar-refractivity contribution in [3.63, 3.8) is 0 Å². The molecule has 0 bridgehead atoms. The summed E-state index contributed by atoms with van der Waals surface area (Å²) >= 11 is 3.40. The van der Waals surface area contributed by atoms with Gasteiger partial charge in [-0.25, -0.2) is 0 Å². The van der Waals surface area contributed by atoms with Crippen LogP contribution < -0.4 is 16.6 Å². The minimum absolute atomic E-state index is 0.152. The van der Waals surface area contributed by atoms with Gasteiger partial charge in [-0.15, -0.1) is 0 Å². The van der Waals surface area contributed by atoms with Crippen molar-refractivity contribution in [3.8, 4) is 0 Å². The number of aryl methyl sites for hydroxylation is 1. The van der Waals surface area contributed by atoms with E-state index in [4.69, 9.17) is 5.84 Å². The van der Waals surface area contributed by atoms with Gasteiger partial charge in [0.1, 0.15) is 0 Å². The van der Waals surface area contributed by atoms with E-state index >= 15 is 0 Å². The van der Waals surface area contributed by atoms with Crippen LogP contribution in [0.3, 0.4) is 0 Å². The highest BCUT2D eigenvalue weighted by molar-refractivity contribution is 9.10. The monoisotopic (exact) mass is 319 g/mol. The first-order chi connectivity index (χ1) is 9.08. The molecule has 0 saturated carbocycles. The van der Waals surface area contributed by atoms with Gasteiger partial charge in [-0.05, 0) is 55.0 Å². The number of hydrogen-bond donors (Lipinski definition) is 3. The minimum atomic E-state index is -0.152. The normalized spacial score (nSPS) is 10.1. The zero-order chi connectivity index (χ0) is 13.8. The fourth-order valence-electron chi connectivity index (χ4n) is 1.73. The lowest BCUT2D eigenvalue weighted by atomic mass is 10.1. The van der Waals surface area contributed by atoms with Crippen LogP contribution in [0.2, 0.25) is 0 Å². The molecule has 0 radical (unpaired) electrons. The number of hydrazine groups is 1. The Labute approximate surface area is 120 Å². The highest BCUT2D eigenvalue weighted by Crippen LogP contribution is 2.20. The molecule has 4 N–H and O–H groups in total. The Balaban J connectivity index is 2.15. The number of carbonyl (C=O) groups is 1. The van der Waals surface area contributed by atoms with E-state index in [-0.39, 0.29) is 5.91 Å². The lowest BCUT2D eigenvalue weighted by Crippen LogP contribution is -2.12. The van der Waals surface area contributed by atoms with Gasteiger partial charge in [0.05, 0.1) is 0 Å². The van der Waals surface area contributed by atoms with Crippen molar-refractivity contribution >= 4 is 33.2 Å². The number of hydrogen-bond acceptors (Lipinski definition) is 3. The van der Waals surface area contributed by atoms with Gasteiger partial charge in [-0.1, -0.05) is 15.9 Å². The second-order valence-corrected chi connectivity index (χ2v) is 5.11. The van der Waals surface area contributed by atoms with E-state index in [2.05, 4.69) is 26.7 Å². The van der Waals surface area contributed by atoms with Gasteiger partial charge in [-0.2, -0.15) is 0 Å². The SMILES string of the molecule is Cc1cc(Br)cc(NC(=O)c2ccc(NN)cc2)c1. The number of nitrogens with one attached hydrogen (secondary N) is 2. The molecule has 1 amide bonds. The number of benzene rings is 2. The van der Waals surface area contributed by atoms with Gasteiger partial charge in [-0.3, -0.25) is 10.6 Å². The van der Waals surface area contributed by atoms with Crippen LogP contribution in [0, 0.1) is 6.92 Å². The second-order valence-electron chi connectivity index (χ2n) is 4.19. The standard InChI is InChI=1S/C14H14BrN3O/c1-9-6-11(15)8-13(7-9)17-14(19)10-2-4-12(18-16)5-3-10/h2-8,18H,16H2,1H3,(H,17,19). The molecule has 0 aromatic heterocycles. The lowest BCUT2D eigenvalue weighted by Gasteiger charge is -2.07. The highest BCUT2D eigenvalue weighted by Gasteiger charge is 2.06. The molecule has 0 aliphatic heterocycles. The third-order valence-corrected chi connectivity index (χ3v) is 3.07. The van der Waals surface area contributed by atoms with E-state index in [0.29, 0.717) is 5.56 Å². The molecule has 0 fully saturated rings. The van der Waals surface area contributed by atoms with E-state index in [0.717, 1.165) is 21.4 Å². The lowest BCUT2D eigenvalue weighted by molar-refractivity contribution is 0.102. The number of nitrogens with two attached hydrogens (primary N) is 1. The third-order valence-electron chi connectivity index (χ3n) is 2.61. The van der Waals surface area contributed by atoms with Crippen molar-refractivity contribution in [2.45, 2.75) is 6.92 Å². The van der Waals surface area contributed by atoms with Crippen molar-refractivity contribution < 1.29 is 4.79 Å². The molecule has 2 rings (SSSR count). The average molecular weight is 320 g/mol. The van der Waals surface area contributed by atoms with Crippen LogP contribution in [-0.4, -0.2) is 5.91 Å². The summed E-state index contributed by atoms with van der Waals surface area (Å²) in [5, 5.41) is 2.86. The molecule has 0 saturated heterocycles. The van der Waals surface area contributed by atoms with E-state index < -0.39 is 0 Å². The number of nitrogen functional groups attached to an aromatic ring is 1. The molecular weight excluding hydrogens is 306 g/mol. The average Bonchev–Trinajstić information content (AvgIpc) is 2.37. The molecule has 98 valence electrons. The van der Waals surface area contributed by atoms with Crippen molar-refractivity contribution in [1.82, 2.24) is 0 Å². The van der Waals surface area contributed by atoms with Gasteiger partial charge in [0.15, 0.2) is 0 Å². The number of amides is 1. The summed E-state index contributed by atoms with van der Waals surface area (Å²) in [6.45, 7) is 1.97. The quantitative estimate of drug-likeness (QED) is 0.600. The summed E-state index contributed by atoms with van der Waals surface area (Å²) in [5.41, 5.74) is 5.70. The minimum Gasteiger partial charge on any atom is -0.324 e. The summed E-state index contributed by atoms with van der Waals surface area (Å²) in [6, 6.07) is 12.7. The van der Waals surface area contributed by atoms with Gasteiger partial charge in [0.2, 0.25) is 0 Å². The summed E-state index contributed by atoms with van der Waals surface area (Å²) in [4.78, 5) is 12.1. The van der Waals surface area contributed by atoms with Crippen molar-refractivity contribution in [2.24, 2.45) is 5.84 Å². The summed E-state index contributed by atoms with van der Waals surface area (Å²) in [7, 11) is 0. The maximum absolute atomic E-state index is 12.1. The summed E-state index contributed by atoms with van der Waals surface area (Å²) < 4.78 is 0.936. The molecule has 0 unspecified atom stereocenters. The van der Waals surface area contributed by atoms with Gasteiger partial charge >= 0.3 is 0 Å². The Bertz CT molecular complexity index is 576.